The molecule has 0 aromatic heterocycles. The van der Waals surface area contributed by atoms with Gasteiger partial charge in [-0.1, -0.05) is 44.2 Å². The van der Waals surface area contributed by atoms with E-state index in [4.69, 9.17) is 4.74 Å². The number of morpholine rings is 1. The van der Waals surface area contributed by atoms with Crippen LogP contribution in [-0.4, -0.2) is 63.8 Å². The number of ether oxygens (including phenoxy) is 1. The molecule has 1 saturated heterocycles. The average molecular weight is 347 g/mol. The zero-order valence-electron chi connectivity index (χ0n) is 16.1. The van der Waals surface area contributed by atoms with Crippen molar-refractivity contribution in [1.29, 1.82) is 0 Å². The van der Waals surface area contributed by atoms with E-state index in [2.05, 4.69) is 64.7 Å². The molecule has 1 heterocycles. The molecule has 1 aliphatic rings. The summed E-state index contributed by atoms with van der Waals surface area (Å²) in [5.41, 5.74) is 1.54. The second-order valence-corrected chi connectivity index (χ2v) is 6.66. The van der Waals surface area contributed by atoms with E-state index >= 15 is 0 Å². The van der Waals surface area contributed by atoms with Crippen molar-refractivity contribution in [2.45, 2.75) is 32.1 Å². The fourth-order valence-corrected chi connectivity index (χ4v) is 3.43. The molecule has 0 radical (unpaired) electrons. The molecule has 2 N–H and O–H groups in total. The number of hydrogen-bond acceptors (Lipinski definition) is 3. The van der Waals surface area contributed by atoms with Crippen LogP contribution in [0.5, 0.6) is 0 Å². The first-order chi connectivity index (χ1) is 12.2. The van der Waals surface area contributed by atoms with Gasteiger partial charge in [0.25, 0.3) is 0 Å². The Bertz CT molecular complexity index is 508. The lowest BCUT2D eigenvalue weighted by atomic mass is 9.76. The fourth-order valence-electron chi connectivity index (χ4n) is 3.43. The monoisotopic (exact) mass is 346 g/mol. The first kappa shape index (κ1) is 19.7. The zero-order chi connectivity index (χ0) is 18.0. The quantitative estimate of drug-likeness (QED) is 0.560. The summed E-state index contributed by atoms with van der Waals surface area (Å²) in [4.78, 5) is 6.81. The van der Waals surface area contributed by atoms with E-state index in [0.717, 1.165) is 64.7 Å². The molecule has 0 amide bonds. The van der Waals surface area contributed by atoms with Gasteiger partial charge in [-0.15, -0.1) is 0 Å². The van der Waals surface area contributed by atoms with Crippen LogP contribution in [0.25, 0.3) is 0 Å². The Balaban J connectivity index is 1.85. The molecule has 1 aliphatic heterocycles. The number of rotatable bonds is 8. The summed E-state index contributed by atoms with van der Waals surface area (Å²) in [5.74, 6) is 0.885. The maximum absolute atomic E-state index is 5.39. The molecular formula is C20H34N4O. The van der Waals surface area contributed by atoms with Crippen LogP contribution in [0.1, 0.15) is 32.3 Å². The third-order valence-electron chi connectivity index (χ3n) is 5.38. The second-order valence-electron chi connectivity index (χ2n) is 6.66. The minimum atomic E-state index is 0.142. The maximum atomic E-state index is 5.39. The van der Waals surface area contributed by atoms with Crippen LogP contribution in [0.2, 0.25) is 0 Å². The lowest BCUT2D eigenvalue weighted by Crippen LogP contribution is -2.47. The first-order valence-corrected chi connectivity index (χ1v) is 9.54. The van der Waals surface area contributed by atoms with Crippen molar-refractivity contribution in [2.24, 2.45) is 4.99 Å². The molecule has 0 bridgehead atoms. The van der Waals surface area contributed by atoms with E-state index in [0.29, 0.717) is 0 Å². The van der Waals surface area contributed by atoms with Crippen molar-refractivity contribution >= 4 is 5.96 Å². The number of benzene rings is 1. The van der Waals surface area contributed by atoms with E-state index in [9.17, 15) is 0 Å². The van der Waals surface area contributed by atoms with Crippen molar-refractivity contribution in [2.75, 3.05) is 53.0 Å². The summed E-state index contributed by atoms with van der Waals surface area (Å²) < 4.78 is 5.39. The van der Waals surface area contributed by atoms with Crippen LogP contribution >= 0.6 is 0 Å². The summed E-state index contributed by atoms with van der Waals surface area (Å²) >= 11 is 0. The molecule has 0 saturated carbocycles. The summed E-state index contributed by atoms with van der Waals surface area (Å²) in [6.07, 6.45) is 2.20. The number of hydrogen-bond donors (Lipinski definition) is 2. The summed E-state index contributed by atoms with van der Waals surface area (Å²) in [7, 11) is 1.84. The second kappa shape index (κ2) is 10.4. The van der Waals surface area contributed by atoms with Gasteiger partial charge in [0.15, 0.2) is 5.96 Å². The fraction of sp³-hybridized carbons (Fsp3) is 0.650. The first-order valence-electron chi connectivity index (χ1n) is 9.54. The molecule has 5 nitrogen and oxygen atoms in total. The van der Waals surface area contributed by atoms with Gasteiger partial charge in [-0.3, -0.25) is 9.89 Å². The molecular weight excluding hydrogens is 312 g/mol. The van der Waals surface area contributed by atoms with Gasteiger partial charge in [-0.25, -0.2) is 0 Å². The predicted molar refractivity (Wildman–Crippen MR) is 105 cm³/mol. The molecule has 140 valence electrons. The number of guanidine groups is 1. The maximum Gasteiger partial charge on any atom is 0.191 e. The van der Waals surface area contributed by atoms with Crippen LogP contribution in [0, 0.1) is 0 Å². The van der Waals surface area contributed by atoms with E-state index in [-0.39, 0.29) is 5.41 Å². The number of aliphatic imine (C=N–C) groups is 1. The molecule has 0 unspecified atom stereocenters. The molecule has 0 spiro atoms. The topological polar surface area (TPSA) is 48.9 Å². The Hall–Kier alpha value is -1.59. The smallest absolute Gasteiger partial charge is 0.191 e. The molecule has 1 aromatic carbocycles. The highest BCUT2D eigenvalue weighted by Gasteiger charge is 2.28. The molecule has 1 fully saturated rings. The number of nitrogens with one attached hydrogen (secondary N) is 2. The third kappa shape index (κ3) is 5.72. The molecule has 25 heavy (non-hydrogen) atoms. The largest absolute Gasteiger partial charge is 0.379 e. The number of nitrogens with zero attached hydrogens (tertiary/aromatic N) is 2. The minimum absolute atomic E-state index is 0.142. The van der Waals surface area contributed by atoms with Crippen molar-refractivity contribution in [1.82, 2.24) is 15.5 Å². The van der Waals surface area contributed by atoms with Gasteiger partial charge in [-0.2, -0.15) is 0 Å². The lowest BCUT2D eigenvalue weighted by molar-refractivity contribution is 0.0389. The van der Waals surface area contributed by atoms with Gasteiger partial charge in [0.05, 0.1) is 13.2 Å². The summed E-state index contributed by atoms with van der Waals surface area (Å²) in [6, 6.07) is 10.8. The summed E-state index contributed by atoms with van der Waals surface area (Å²) in [5, 5.41) is 6.99. The zero-order valence-corrected chi connectivity index (χ0v) is 16.1. The standard InChI is InChI=1S/C20H34N4O/c1-4-20(5-2,18-9-7-6-8-10-18)17-23-19(21-3)22-11-12-24-13-15-25-16-14-24/h6-10H,4-5,11-17H2,1-3H3,(H2,21,22,23). The van der Waals surface area contributed by atoms with Gasteiger partial charge in [0.1, 0.15) is 0 Å². The Morgan fingerprint density at radius 1 is 1.12 bits per heavy atom. The van der Waals surface area contributed by atoms with Gasteiger partial charge in [0.2, 0.25) is 0 Å². The van der Waals surface area contributed by atoms with Crippen molar-refractivity contribution < 1.29 is 4.74 Å². The SMILES string of the molecule is CCC(CC)(CNC(=NC)NCCN1CCOCC1)c1ccccc1. The molecule has 2 rings (SSSR count). The van der Waals surface area contributed by atoms with Crippen molar-refractivity contribution in [3.63, 3.8) is 0 Å². The highest BCUT2D eigenvalue weighted by atomic mass is 16.5. The van der Waals surface area contributed by atoms with E-state index in [1.165, 1.54) is 5.56 Å². The average Bonchev–Trinajstić information content (AvgIpc) is 2.69. The molecule has 0 atom stereocenters. The lowest BCUT2D eigenvalue weighted by Gasteiger charge is -2.33. The normalized spacial score (nSPS) is 16.7. The Labute approximate surface area is 152 Å². The van der Waals surface area contributed by atoms with Crippen LogP contribution in [0.4, 0.5) is 0 Å². The predicted octanol–water partition coefficient (Wildman–Crippen LogP) is 2.24. The van der Waals surface area contributed by atoms with Crippen molar-refractivity contribution in [3.05, 3.63) is 35.9 Å². The third-order valence-corrected chi connectivity index (χ3v) is 5.38. The van der Waals surface area contributed by atoms with Gasteiger partial charge >= 0.3 is 0 Å². The van der Waals surface area contributed by atoms with Gasteiger partial charge < -0.3 is 15.4 Å². The Morgan fingerprint density at radius 2 is 1.80 bits per heavy atom. The van der Waals surface area contributed by atoms with Crippen molar-refractivity contribution in [3.8, 4) is 0 Å². The molecule has 5 heteroatoms. The van der Waals surface area contributed by atoms with Gasteiger partial charge in [0, 0.05) is 45.2 Å². The Kier molecular flexibility index (Phi) is 8.22. The van der Waals surface area contributed by atoms with E-state index in [1.54, 1.807) is 0 Å². The summed E-state index contributed by atoms with van der Waals surface area (Å²) in [6.45, 7) is 11.1. The van der Waals surface area contributed by atoms with E-state index in [1.807, 2.05) is 7.05 Å². The van der Waals surface area contributed by atoms with Crippen LogP contribution in [0.15, 0.2) is 35.3 Å². The minimum Gasteiger partial charge on any atom is -0.379 e. The highest BCUT2D eigenvalue weighted by molar-refractivity contribution is 5.79. The molecule has 1 aromatic rings. The Morgan fingerprint density at radius 3 is 2.40 bits per heavy atom. The van der Waals surface area contributed by atoms with Gasteiger partial charge in [-0.05, 0) is 18.4 Å². The molecule has 0 aliphatic carbocycles. The van der Waals surface area contributed by atoms with Crippen LogP contribution in [0.3, 0.4) is 0 Å². The van der Waals surface area contributed by atoms with Crippen LogP contribution < -0.4 is 10.6 Å². The van der Waals surface area contributed by atoms with E-state index < -0.39 is 0 Å². The van der Waals surface area contributed by atoms with Crippen LogP contribution in [-0.2, 0) is 10.2 Å². The highest BCUT2D eigenvalue weighted by Crippen LogP contribution is 2.30.